The maximum Gasteiger partial charge on any atom is 0.325 e. The maximum absolute atomic E-state index is 13.1. The van der Waals surface area contributed by atoms with Gasteiger partial charge in [0.1, 0.15) is 24.2 Å². The largest absolute Gasteiger partial charge is 0.480 e. The van der Waals surface area contributed by atoms with Crippen molar-refractivity contribution in [2.45, 2.75) is 98.4 Å². The zero-order valence-electron chi connectivity index (χ0n) is 21.6. The van der Waals surface area contributed by atoms with E-state index in [0.29, 0.717) is 12.8 Å². The molecule has 196 valence electrons. The van der Waals surface area contributed by atoms with Crippen molar-refractivity contribution in [3.8, 4) is 0 Å². The van der Waals surface area contributed by atoms with Gasteiger partial charge in [-0.1, -0.05) is 48.0 Å². The molecular formula is C23H43N5O6. The summed E-state index contributed by atoms with van der Waals surface area (Å²) in [6, 6.07) is -4.76. The Morgan fingerprint density at radius 2 is 1.24 bits per heavy atom. The number of carboxylic acids is 1. The number of amides is 4. The van der Waals surface area contributed by atoms with Crippen molar-refractivity contribution < 1.29 is 29.1 Å². The van der Waals surface area contributed by atoms with Crippen molar-refractivity contribution >= 4 is 29.6 Å². The standard InChI is InChI=1S/C23H43N5O6/c1-9-13(6)18(22(32)25-15(8)23(33)34)28-21(31)17(12(4)5)27-20(30)16(10-11(2)3)26-19(29)14(7)24/h11-18H,9-10,24H2,1-8H3,(H,25,32)(H,26,29)(H,27,30)(H,28,31)(H,33,34)/t13-,14-,15-,16-,17-,18-/m0/s1. The Morgan fingerprint density at radius 1 is 0.735 bits per heavy atom. The Bertz CT molecular complexity index is 725. The Hall–Kier alpha value is -2.69. The van der Waals surface area contributed by atoms with E-state index in [4.69, 9.17) is 10.8 Å². The normalized spacial score (nSPS) is 16.6. The number of carbonyl (C=O) groups excluding carboxylic acids is 4. The van der Waals surface area contributed by atoms with E-state index in [-0.39, 0.29) is 17.8 Å². The zero-order valence-corrected chi connectivity index (χ0v) is 21.6. The van der Waals surface area contributed by atoms with Crippen LogP contribution in [0, 0.1) is 17.8 Å². The number of aliphatic carboxylic acids is 1. The number of nitrogens with one attached hydrogen (secondary N) is 4. The van der Waals surface area contributed by atoms with E-state index in [1.165, 1.54) is 13.8 Å². The van der Waals surface area contributed by atoms with Crippen LogP contribution in [0.1, 0.15) is 68.2 Å². The lowest BCUT2D eigenvalue weighted by Gasteiger charge is -2.30. The van der Waals surface area contributed by atoms with Crippen molar-refractivity contribution in [2.24, 2.45) is 23.5 Å². The van der Waals surface area contributed by atoms with Gasteiger partial charge in [0.2, 0.25) is 23.6 Å². The molecule has 0 aromatic rings. The van der Waals surface area contributed by atoms with Crippen LogP contribution in [0.5, 0.6) is 0 Å². The predicted molar refractivity (Wildman–Crippen MR) is 128 cm³/mol. The molecule has 0 spiro atoms. The second kappa shape index (κ2) is 14.5. The van der Waals surface area contributed by atoms with Crippen molar-refractivity contribution in [3.05, 3.63) is 0 Å². The number of carbonyl (C=O) groups is 5. The molecule has 0 aromatic heterocycles. The Morgan fingerprint density at radius 3 is 1.65 bits per heavy atom. The molecule has 11 nitrogen and oxygen atoms in total. The quantitative estimate of drug-likeness (QED) is 0.202. The molecule has 0 aliphatic carbocycles. The van der Waals surface area contributed by atoms with Gasteiger partial charge in [0, 0.05) is 0 Å². The summed E-state index contributed by atoms with van der Waals surface area (Å²) < 4.78 is 0. The summed E-state index contributed by atoms with van der Waals surface area (Å²) in [5.41, 5.74) is 5.61. The Labute approximate surface area is 202 Å². The molecule has 6 atom stereocenters. The van der Waals surface area contributed by atoms with Crippen LogP contribution in [-0.2, 0) is 24.0 Å². The van der Waals surface area contributed by atoms with Gasteiger partial charge in [-0.3, -0.25) is 24.0 Å². The van der Waals surface area contributed by atoms with Gasteiger partial charge in [-0.15, -0.1) is 0 Å². The summed E-state index contributed by atoms with van der Waals surface area (Å²) in [6.07, 6.45) is 0.903. The molecule has 0 aliphatic heterocycles. The molecule has 0 bridgehead atoms. The zero-order chi connectivity index (χ0) is 26.7. The van der Waals surface area contributed by atoms with Gasteiger partial charge in [0.25, 0.3) is 0 Å². The van der Waals surface area contributed by atoms with Crippen LogP contribution in [0.3, 0.4) is 0 Å². The van der Waals surface area contributed by atoms with Crippen LogP contribution in [0.2, 0.25) is 0 Å². The third kappa shape index (κ3) is 10.5. The lowest BCUT2D eigenvalue weighted by molar-refractivity contribution is -0.142. The van der Waals surface area contributed by atoms with Crippen LogP contribution in [-0.4, -0.2) is 64.9 Å². The first kappa shape index (κ1) is 31.3. The first-order chi connectivity index (χ1) is 15.6. The fourth-order valence-electron chi connectivity index (χ4n) is 3.10. The van der Waals surface area contributed by atoms with E-state index in [2.05, 4.69) is 21.3 Å². The molecule has 0 heterocycles. The molecule has 11 heteroatoms. The van der Waals surface area contributed by atoms with E-state index < -0.39 is 59.8 Å². The Kier molecular flexibility index (Phi) is 13.4. The first-order valence-electron chi connectivity index (χ1n) is 11.8. The van der Waals surface area contributed by atoms with Crippen LogP contribution in [0.25, 0.3) is 0 Å². The summed E-state index contributed by atoms with van der Waals surface area (Å²) >= 11 is 0. The molecule has 0 aromatic carbocycles. The van der Waals surface area contributed by atoms with Crippen molar-refractivity contribution in [1.29, 1.82) is 0 Å². The number of hydrogen-bond acceptors (Lipinski definition) is 6. The van der Waals surface area contributed by atoms with Crippen LogP contribution in [0.15, 0.2) is 0 Å². The van der Waals surface area contributed by atoms with Gasteiger partial charge < -0.3 is 32.1 Å². The van der Waals surface area contributed by atoms with Gasteiger partial charge >= 0.3 is 5.97 Å². The van der Waals surface area contributed by atoms with Gasteiger partial charge in [-0.05, 0) is 38.0 Å². The third-order valence-electron chi connectivity index (χ3n) is 5.52. The second-order valence-corrected chi connectivity index (χ2v) is 9.65. The lowest BCUT2D eigenvalue weighted by Crippen LogP contribution is -2.60. The van der Waals surface area contributed by atoms with E-state index >= 15 is 0 Å². The fourth-order valence-corrected chi connectivity index (χ4v) is 3.10. The molecule has 34 heavy (non-hydrogen) atoms. The predicted octanol–water partition coefficient (Wildman–Crippen LogP) is 0.126. The average molecular weight is 486 g/mol. The Balaban J connectivity index is 5.63. The van der Waals surface area contributed by atoms with Crippen molar-refractivity contribution in [2.75, 3.05) is 0 Å². The molecule has 0 unspecified atom stereocenters. The highest BCUT2D eigenvalue weighted by molar-refractivity contribution is 5.95. The molecule has 0 rings (SSSR count). The average Bonchev–Trinajstić information content (AvgIpc) is 2.73. The summed E-state index contributed by atoms with van der Waals surface area (Å²) in [5, 5.41) is 19.4. The summed E-state index contributed by atoms with van der Waals surface area (Å²) in [4.78, 5) is 62.0. The van der Waals surface area contributed by atoms with Gasteiger partial charge in [0.05, 0.1) is 6.04 Å². The summed E-state index contributed by atoms with van der Waals surface area (Å²) in [5.74, 6) is -3.92. The third-order valence-corrected chi connectivity index (χ3v) is 5.52. The van der Waals surface area contributed by atoms with Crippen LogP contribution < -0.4 is 27.0 Å². The number of carboxylic acid groups (broad SMARTS) is 1. The van der Waals surface area contributed by atoms with Crippen molar-refractivity contribution in [3.63, 3.8) is 0 Å². The monoisotopic (exact) mass is 485 g/mol. The van der Waals surface area contributed by atoms with Gasteiger partial charge in [0.15, 0.2) is 0 Å². The first-order valence-corrected chi connectivity index (χ1v) is 11.8. The number of rotatable bonds is 14. The van der Waals surface area contributed by atoms with E-state index in [9.17, 15) is 24.0 Å². The van der Waals surface area contributed by atoms with E-state index in [1.807, 2.05) is 20.8 Å². The van der Waals surface area contributed by atoms with Crippen LogP contribution in [0.4, 0.5) is 0 Å². The van der Waals surface area contributed by atoms with Crippen LogP contribution >= 0.6 is 0 Å². The fraction of sp³-hybridized carbons (Fsp3) is 0.783. The highest BCUT2D eigenvalue weighted by Crippen LogP contribution is 2.12. The topological polar surface area (TPSA) is 180 Å². The van der Waals surface area contributed by atoms with Gasteiger partial charge in [-0.2, -0.15) is 0 Å². The van der Waals surface area contributed by atoms with Crippen molar-refractivity contribution in [1.82, 2.24) is 21.3 Å². The minimum absolute atomic E-state index is 0.0881. The smallest absolute Gasteiger partial charge is 0.325 e. The van der Waals surface area contributed by atoms with Gasteiger partial charge in [-0.25, -0.2) is 0 Å². The van der Waals surface area contributed by atoms with E-state index in [1.54, 1.807) is 20.8 Å². The highest BCUT2D eigenvalue weighted by Gasteiger charge is 2.34. The molecule has 0 aliphatic rings. The maximum atomic E-state index is 13.1. The second-order valence-electron chi connectivity index (χ2n) is 9.65. The molecular weight excluding hydrogens is 442 g/mol. The minimum Gasteiger partial charge on any atom is -0.480 e. The lowest BCUT2D eigenvalue weighted by atomic mass is 9.95. The summed E-state index contributed by atoms with van der Waals surface area (Å²) in [7, 11) is 0. The molecule has 0 saturated heterocycles. The molecule has 0 saturated carbocycles. The molecule has 4 amide bonds. The number of nitrogens with two attached hydrogens (primary N) is 1. The molecule has 0 radical (unpaired) electrons. The highest BCUT2D eigenvalue weighted by atomic mass is 16.4. The molecule has 0 fully saturated rings. The number of hydrogen-bond donors (Lipinski definition) is 6. The SMILES string of the molecule is CC[C@H](C)[C@H](NC(=O)[C@@H](NC(=O)[C@H](CC(C)C)NC(=O)[C@H](C)N)C(C)C)C(=O)N[C@@H](C)C(=O)O. The van der Waals surface area contributed by atoms with E-state index in [0.717, 1.165) is 0 Å². The summed E-state index contributed by atoms with van der Waals surface area (Å²) in [6.45, 7) is 13.7. The minimum atomic E-state index is -1.19. The molecule has 7 N–H and O–H groups in total.